The largest absolute Gasteiger partial charge is 0.339 e. The maximum Gasteiger partial charge on any atom is 0.319 e. The lowest BCUT2D eigenvalue weighted by molar-refractivity contribution is -0.137. The van der Waals surface area contributed by atoms with Crippen LogP contribution in [0, 0.1) is 5.92 Å². The van der Waals surface area contributed by atoms with Gasteiger partial charge in [-0.1, -0.05) is 0 Å². The van der Waals surface area contributed by atoms with Crippen molar-refractivity contribution in [3.05, 3.63) is 0 Å². The minimum atomic E-state index is 0.0337. The van der Waals surface area contributed by atoms with Gasteiger partial charge < -0.3 is 20.0 Å². The van der Waals surface area contributed by atoms with E-state index in [2.05, 4.69) is 5.32 Å². The Hall–Kier alpha value is -1.30. The SMILES string of the molecule is CN(C)C(=O)N1CCN(C(=O)[C@H]2CCCNC2)CC1. The first-order chi connectivity index (χ1) is 9.09. The molecule has 6 nitrogen and oxygen atoms in total. The molecule has 6 heteroatoms. The number of hydrogen-bond acceptors (Lipinski definition) is 3. The first-order valence-electron chi connectivity index (χ1n) is 7.05. The average Bonchev–Trinajstić information content (AvgIpc) is 2.46. The Labute approximate surface area is 114 Å². The highest BCUT2D eigenvalue weighted by Crippen LogP contribution is 2.15. The number of carbonyl (C=O) groups excluding carboxylic acids is 2. The third kappa shape index (κ3) is 3.37. The molecular formula is C13H24N4O2. The Morgan fingerprint density at radius 3 is 2.26 bits per heavy atom. The Kier molecular flexibility index (Phi) is 4.63. The van der Waals surface area contributed by atoms with Gasteiger partial charge in [0.15, 0.2) is 0 Å². The molecule has 1 atom stereocenters. The molecule has 0 unspecified atom stereocenters. The lowest BCUT2D eigenvalue weighted by atomic mass is 9.98. The topological polar surface area (TPSA) is 55.9 Å². The minimum Gasteiger partial charge on any atom is -0.339 e. The fourth-order valence-electron chi connectivity index (χ4n) is 2.72. The van der Waals surface area contributed by atoms with Gasteiger partial charge in [0.2, 0.25) is 5.91 Å². The summed E-state index contributed by atoms with van der Waals surface area (Å²) in [6, 6.07) is 0.0337. The predicted octanol–water partition coefficient (Wildman–Crippen LogP) is -0.188. The number of piperazine rings is 1. The highest BCUT2D eigenvalue weighted by Gasteiger charge is 2.29. The van der Waals surface area contributed by atoms with Gasteiger partial charge in [0, 0.05) is 46.8 Å². The van der Waals surface area contributed by atoms with E-state index in [4.69, 9.17) is 0 Å². The molecule has 0 saturated carbocycles. The van der Waals surface area contributed by atoms with Gasteiger partial charge in [-0.3, -0.25) is 4.79 Å². The third-order valence-electron chi connectivity index (χ3n) is 3.89. The lowest BCUT2D eigenvalue weighted by Gasteiger charge is -2.38. The van der Waals surface area contributed by atoms with E-state index in [0.717, 1.165) is 25.9 Å². The van der Waals surface area contributed by atoms with E-state index in [1.54, 1.807) is 19.0 Å². The molecule has 0 radical (unpaired) electrons. The minimum absolute atomic E-state index is 0.0337. The van der Waals surface area contributed by atoms with Gasteiger partial charge in [0.05, 0.1) is 5.92 Å². The van der Waals surface area contributed by atoms with Crippen molar-refractivity contribution in [2.45, 2.75) is 12.8 Å². The molecular weight excluding hydrogens is 244 g/mol. The third-order valence-corrected chi connectivity index (χ3v) is 3.89. The Morgan fingerprint density at radius 2 is 1.74 bits per heavy atom. The molecule has 0 aliphatic carbocycles. The number of rotatable bonds is 1. The van der Waals surface area contributed by atoms with Gasteiger partial charge in [-0.2, -0.15) is 0 Å². The highest BCUT2D eigenvalue weighted by molar-refractivity contribution is 5.80. The Bertz CT molecular complexity index is 332. The standard InChI is InChI=1S/C13H24N4O2/c1-15(2)13(19)17-8-6-16(7-9-17)12(18)11-4-3-5-14-10-11/h11,14H,3-10H2,1-2H3/t11-/m0/s1. The second-order valence-corrected chi connectivity index (χ2v) is 5.53. The zero-order chi connectivity index (χ0) is 13.8. The van der Waals surface area contributed by atoms with Crippen molar-refractivity contribution < 1.29 is 9.59 Å². The molecule has 0 bridgehead atoms. The summed E-state index contributed by atoms with van der Waals surface area (Å²) in [4.78, 5) is 29.5. The first-order valence-corrected chi connectivity index (χ1v) is 7.05. The molecule has 1 N–H and O–H groups in total. The van der Waals surface area contributed by atoms with E-state index in [0.29, 0.717) is 26.2 Å². The molecule has 2 heterocycles. The van der Waals surface area contributed by atoms with Crippen LogP contribution in [0.3, 0.4) is 0 Å². The average molecular weight is 268 g/mol. The number of piperidine rings is 1. The van der Waals surface area contributed by atoms with E-state index in [1.165, 1.54) is 0 Å². The van der Waals surface area contributed by atoms with Crippen molar-refractivity contribution >= 4 is 11.9 Å². The zero-order valence-corrected chi connectivity index (χ0v) is 11.9. The van der Waals surface area contributed by atoms with Gasteiger partial charge in [-0.25, -0.2) is 4.79 Å². The summed E-state index contributed by atoms with van der Waals surface area (Å²) in [6.45, 7) is 4.43. The van der Waals surface area contributed by atoms with Gasteiger partial charge in [-0.05, 0) is 19.4 Å². The summed E-state index contributed by atoms with van der Waals surface area (Å²) in [6.07, 6.45) is 2.07. The number of nitrogens with one attached hydrogen (secondary N) is 1. The van der Waals surface area contributed by atoms with Crippen molar-refractivity contribution in [3.8, 4) is 0 Å². The maximum atomic E-state index is 12.3. The number of amides is 3. The Morgan fingerprint density at radius 1 is 1.11 bits per heavy atom. The predicted molar refractivity (Wildman–Crippen MR) is 72.8 cm³/mol. The van der Waals surface area contributed by atoms with E-state index in [-0.39, 0.29) is 17.9 Å². The molecule has 0 aromatic carbocycles. The van der Waals surface area contributed by atoms with Crippen molar-refractivity contribution in [1.29, 1.82) is 0 Å². The van der Waals surface area contributed by atoms with Crippen LogP contribution in [0.4, 0.5) is 4.79 Å². The Balaban J connectivity index is 1.82. The van der Waals surface area contributed by atoms with Gasteiger partial charge in [0.25, 0.3) is 0 Å². The van der Waals surface area contributed by atoms with Crippen molar-refractivity contribution in [2.24, 2.45) is 5.92 Å². The number of hydrogen-bond donors (Lipinski definition) is 1. The van der Waals surface area contributed by atoms with Crippen LogP contribution in [0.2, 0.25) is 0 Å². The lowest BCUT2D eigenvalue weighted by Crippen LogP contribution is -2.55. The molecule has 19 heavy (non-hydrogen) atoms. The molecule has 0 aromatic rings. The van der Waals surface area contributed by atoms with E-state index < -0.39 is 0 Å². The van der Waals surface area contributed by atoms with Crippen LogP contribution in [0.5, 0.6) is 0 Å². The quantitative estimate of drug-likeness (QED) is 0.717. The van der Waals surface area contributed by atoms with Crippen LogP contribution in [-0.4, -0.2) is 80.0 Å². The summed E-state index contributed by atoms with van der Waals surface area (Å²) in [5.74, 6) is 0.383. The summed E-state index contributed by atoms with van der Waals surface area (Å²) < 4.78 is 0. The second-order valence-electron chi connectivity index (χ2n) is 5.53. The molecule has 2 saturated heterocycles. The molecule has 0 aromatic heterocycles. The number of urea groups is 1. The number of carbonyl (C=O) groups is 2. The molecule has 2 fully saturated rings. The van der Waals surface area contributed by atoms with Gasteiger partial charge in [0.1, 0.15) is 0 Å². The summed E-state index contributed by atoms with van der Waals surface area (Å²) in [7, 11) is 3.51. The van der Waals surface area contributed by atoms with Crippen LogP contribution in [0.1, 0.15) is 12.8 Å². The van der Waals surface area contributed by atoms with Gasteiger partial charge in [-0.15, -0.1) is 0 Å². The smallest absolute Gasteiger partial charge is 0.319 e. The van der Waals surface area contributed by atoms with E-state index in [1.807, 2.05) is 9.80 Å². The maximum absolute atomic E-state index is 12.3. The summed E-state index contributed by atoms with van der Waals surface area (Å²) in [5, 5.41) is 3.28. The fraction of sp³-hybridized carbons (Fsp3) is 0.846. The highest BCUT2D eigenvalue weighted by atomic mass is 16.2. The zero-order valence-electron chi connectivity index (χ0n) is 11.9. The molecule has 2 aliphatic rings. The van der Waals surface area contributed by atoms with Crippen LogP contribution in [-0.2, 0) is 4.79 Å². The number of nitrogens with zero attached hydrogens (tertiary/aromatic N) is 3. The molecule has 2 aliphatic heterocycles. The second kappa shape index (κ2) is 6.23. The van der Waals surface area contributed by atoms with Crippen LogP contribution < -0.4 is 5.32 Å². The van der Waals surface area contributed by atoms with Crippen LogP contribution >= 0.6 is 0 Å². The first kappa shape index (κ1) is 14.1. The monoisotopic (exact) mass is 268 g/mol. The molecule has 0 spiro atoms. The van der Waals surface area contributed by atoms with E-state index >= 15 is 0 Å². The normalized spacial score (nSPS) is 24.2. The molecule has 108 valence electrons. The van der Waals surface area contributed by atoms with Crippen LogP contribution in [0.25, 0.3) is 0 Å². The molecule has 2 rings (SSSR count). The van der Waals surface area contributed by atoms with Crippen molar-refractivity contribution in [3.63, 3.8) is 0 Å². The summed E-state index contributed by atoms with van der Waals surface area (Å²) >= 11 is 0. The fourth-order valence-corrected chi connectivity index (χ4v) is 2.72. The summed E-state index contributed by atoms with van der Waals surface area (Å²) in [5.41, 5.74) is 0. The van der Waals surface area contributed by atoms with Crippen molar-refractivity contribution in [2.75, 3.05) is 53.4 Å². The van der Waals surface area contributed by atoms with Crippen LogP contribution in [0.15, 0.2) is 0 Å². The van der Waals surface area contributed by atoms with Crippen molar-refractivity contribution in [1.82, 2.24) is 20.0 Å². The van der Waals surface area contributed by atoms with Gasteiger partial charge >= 0.3 is 6.03 Å². The molecule has 3 amide bonds. The van der Waals surface area contributed by atoms with E-state index in [9.17, 15) is 9.59 Å².